The van der Waals surface area contributed by atoms with Crippen molar-refractivity contribution in [2.24, 2.45) is 0 Å². The number of aromatic nitrogens is 2. The van der Waals surface area contributed by atoms with Crippen molar-refractivity contribution in [1.82, 2.24) is 9.38 Å². The van der Waals surface area contributed by atoms with E-state index >= 15 is 0 Å². The third kappa shape index (κ3) is 3.25. The highest BCUT2D eigenvalue weighted by Crippen LogP contribution is 2.13. The van der Waals surface area contributed by atoms with Gasteiger partial charge < -0.3 is 14.5 Å². The van der Waals surface area contributed by atoms with Gasteiger partial charge in [0.1, 0.15) is 11.4 Å². The van der Waals surface area contributed by atoms with Crippen molar-refractivity contribution < 1.29 is 9.53 Å². The van der Waals surface area contributed by atoms with Gasteiger partial charge in [0, 0.05) is 12.4 Å². The normalized spacial score (nSPS) is 10.6. The molecule has 0 saturated heterocycles. The Morgan fingerprint density at radius 1 is 1.23 bits per heavy atom. The molecule has 0 spiro atoms. The van der Waals surface area contributed by atoms with Gasteiger partial charge in [-0.15, -0.1) is 0 Å². The first-order valence-electron chi connectivity index (χ1n) is 7.05. The number of benzene rings is 1. The number of pyridine rings is 1. The summed E-state index contributed by atoms with van der Waals surface area (Å²) in [6.07, 6.45) is 3.74. The molecular weight excluding hydrogens is 278 g/mol. The Kier molecular flexibility index (Phi) is 3.78. The number of hydrogen-bond acceptors (Lipinski definition) is 3. The first kappa shape index (κ1) is 14.1. The van der Waals surface area contributed by atoms with Crippen LogP contribution in [0.4, 0.5) is 5.69 Å². The summed E-state index contributed by atoms with van der Waals surface area (Å²) in [7, 11) is 0. The fourth-order valence-corrected chi connectivity index (χ4v) is 2.24. The second-order valence-electron chi connectivity index (χ2n) is 5.22. The van der Waals surface area contributed by atoms with Crippen molar-refractivity contribution in [3.63, 3.8) is 0 Å². The van der Waals surface area contributed by atoms with Gasteiger partial charge in [0.15, 0.2) is 6.61 Å². The number of imidazole rings is 1. The Morgan fingerprint density at radius 2 is 2.09 bits per heavy atom. The number of hydrogen-bond donors (Lipinski definition) is 1. The average Bonchev–Trinajstić information content (AvgIpc) is 2.84. The summed E-state index contributed by atoms with van der Waals surface area (Å²) >= 11 is 0. The standard InChI is InChI=1S/C17H17N3O2/c1-12-4-3-5-15(8-12)22-11-17(21)19-14-6-7-16-18-13(2)9-20(16)10-14/h3-10H,11H2,1-2H3,(H,19,21). The molecule has 0 aliphatic heterocycles. The Labute approximate surface area is 128 Å². The molecule has 3 rings (SSSR count). The number of amides is 1. The van der Waals surface area contributed by atoms with Crippen molar-refractivity contribution in [2.45, 2.75) is 13.8 Å². The molecule has 5 heteroatoms. The molecule has 2 heterocycles. The maximum Gasteiger partial charge on any atom is 0.262 e. The average molecular weight is 295 g/mol. The molecule has 1 amide bonds. The monoisotopic (exact) mass is 295 g/mol. The topological polar surface area (TPSA) is 55.6 Å². The molecule has 0 aliphatic rings. The van der Waals surface area contributed by atoms with Crippen molar-refractivity contribution in [3.8, 4) is 5.75 Å². The van der Waals surface area contributed by atoms with Crippen molar-refractivity contribution >= 4 is 17.2 Å². The molecule has 3 aromatic rings. The van der Waals surface area contributed by atoms with E-state index in [1.807, 2.05) is 67.0 Å². The van der Waals surface area contributed by atoms with E-state index in [0.29, 0.717) is 11.4 Å². The van der Waals surface area contributed by atoms with E-state index in [1.54, 1.807) is 0 Å². The van der Waals surface area contributed by atoms with Gasteiger partial charge >= 0.3 is 0 Å². The smallest absolute Gasteiger partial charge is 0.262 e. The lowest BCUT2D eigenvalue weighted by Crippen LogP contribution is -2.20. The lowest BCUT2D eigenvalue weighted by atomic mass is 10.2. The van der Waals surface area contributed by atoms with Crippen LogP contribution in [-0.4, -0.2) is 21.9 Å². The molecule has 0 radical (unpaired) electrons. The van der Waals surface area contributed by atoms with Crippen LogP contribution in [0.1, 0.15) is 11.3 Å². The Morgan fingerprint density at radius 3 is 2.91 bits per heavy atom. The van der Waals surface area contributed by atoms with Crippen LogP contribution >= 0.6 is 0 Å². The zero-order chi connectivity index (χ0) is 15.5. The Hall–Kier alpha value is -2.82. The maximum absolute atomic E-state index is 12.0. The number of rotatable bonds is 4. The van der Waals surface area contributed by atoms with Crippen LogP contribution in [-0.2, 0) is 4.79 Å². The zero-order valence-electron chi connectivity index (χ0n) is 12.5. The molecular formula is C17H17N3O2. The van der Waals surface area contributed by atoms with Gasteiger partial charge in [0.05, 0.1) is 11.4 Å². The number of carbonyl (C=O) groups is 1. The lowest BCUT2D eigenvalue weighted by molar-refractivity contribution is -0.118. The van der Waals surface area contributed by atoms with E-state index in [0.717, 1.165) is 16.9 Å². The predicted octanol–water partition coefficient (Wildman–Crippen LogP) is 2.97. The minimum absolute atomic E-state index is 0.0234. The zero-order valence-corrected chi connectivity index (χ0v) is 12.5. The van der Waals surface area contributed by atoms with Gasteiger partial charge in [-0.1, -0.05) is 12.1 Å². The van der Waals surface area contributed by atoms with E-state index in [4.69, 9.17) is 4.74 Å². The Balaban J connectivity index is 1.62. The predicted molar refractivity (Wildman–Crippen MR) is 85.2 cm³/mol. The summed E-state index contributed by atoms with van der Waals surface area (Å²) in [5.41, 5.74) is 3.60. The highest BCUT2D eigenvalue weighted by atomic mass is 16.5. The molecule has 22 heavy (non-hydrogen) atoms. The van der Waals surface area contributed by atoms with Crippen LogP contribution in [0.15, 0.2) is 48.8 Å². The first-order chi connectivity index (χ1) is 10.6. The van der Waals surface area contributed by atoms with Gasteiger partial charge in [-0.2, -0.15) is 0 Å². The lowest BCUT2D eigenvalue weighted by Gasteiger charge is -2.08. The van der Waals surface area contributed by atoms with E-state index in [-0.39, 0.29) is 12.5 Å². The van der Waals surface area contributed by atoms with Gasteiger partial charge in [-0.3, -0.25) is 4.79 Å². The molecule has 0 saturated carbocycles. The van der Waals surface area contributed by atoms with Gasteiger partial charge in [0.25, 0.3) is 5.91 Å². The molecule has 0 unspecified atom stereocenters. The molecule has 2 aromatic heterocycles. The van der Waals surface area contributed by atoms with Crippen LogP contribution in [0.3, 0.4) is 0 Å². The third-order valence-corrected chi connectivity index (χ3v) is 3.21. The second kappa shape index (κ2) is 5.89. The molecule has 0 fully saturated rings. The molecule has 5 nitrogen and oxygen atoms in total. The quantitative estimate of drug-likeness (QED) is 0.805. The van der Waals surface area contributed by atoms with E-state index in [1.165, 1.54) is 0 Å². The molecule has 0 atom stereocenters. The van der Waals surface area contributed by atoms with Crippen molar-refractivity contribution in [2.75, 3.05) is 11.9 Å². The van der Waals surface area contributed by atoms with Gasteiger partial charge in [-0.05, 0) is 43.7 Å². The van der Waals surface area contributed by atoms with Gasteiger partial charge in [-0.25, -0.2) is 4.98 Å². The number of nitrogens with one attached hydrogen (secondary N) is 1. The summed E-state index contributed by atoms with van der Waals surface area (Å²) < 4.78 is 7.36. The van der Waals surface area contributed by atoms with E-state index in [2.05, 4.69) is 10.3 Å². The van der Waals surface area contributed by atoms with Crippen LogP contribution in [0.25, 0.3) is 5.65 Å². The molecule has 0 aliphatic carbocycles. The molecule has 112 valence electrons. The number of aryl methyl sites for hydroxylation is 2. The number of anilines is 1. The fourth-order valence-electron chi connectivity index (χ4n) is 2.24. The summed E-state index contributed by atoms with van der Waals surface area (Å²) in [6.45, 7) is 3.89. The second-order valence-corrected chi connectivity index (χ2v) is 5.22. The third-order valence-electron chi connectivity index (χ3n) is 3.21. The van der Waals surface area contributed by atoms with Crippen molar-refractivity contribution in [3.05, 3.63) is 60.0 Å². The first-order valence-corrected chi connectivity index (χ1v) is 7.05. The van der Waals surface area contributed by atoms with Crippen molar-refractivity contribution in [1.29, 1.82) is 0 Å². The maximum atomic E-state index is 12.0. The van der Waals surface area contributed by atoms with Crippen LogP contribution in [0, 0.1) is 13.8 Å². The van der Waals surface area contributed by atoms with E-state index < -0.39 is 0 Å². The summed E-state index contributed by atoms with van der Waals surface area (Å²) in [4.78, 5) is 16.3. The van der Waals surface area contributed by atoms with E-state index in [9.17, 15) is 4.79 Å². The minimum Gasteiger partial charge on any atom is -0.484 e. The molecule has 1 N–H and O–H groups in total. The number of fused-ring (bicyclic) bond motifs is 1. The number of ether oxygens (including phenoxy) is 1. The largest absolute Gasteiger partial charge is 0.484 e. The summed E-state index contributed by atoms with van der Waals surface area (Å²) in [5.74, 6) is 0.494. The van der Waals surface area contributed by atoms with Crippen LogP contribution in [0.5, 0.6) is 5.75 Å². The van der Waals surface area contributed by atoms with Gasteiger partial charge in [0.2, 0.25) is 0 Å². The SMILES string of the molecule is Cc1cccc(OCC(=O)Nc2ccc3nc(C)cn3c2)c1. The number of carbonyl (C=O) groups excluding carboxylic acids is 1. The molecule has 1 aromatic carbocycles. The Bertz CT molecular complexity index is 824. The highest BCUT2D eigenvalue weighted by molar-refractivity contribution is 5.91. The summed E-state index contributed by atoms with van der Waals surface area (Å²) in [5, 5.41) is 2.82. The van der Waals surface area contributed by atoms with Crippen LogP contribution < -0.4 is 10.1 Å². The minimum atomic E-state index is -0.197. The highest BCUT2D eigenvalue weighted by Gasteiger charge is 2.05. The molecule has 0 bridgehead atoms. The van der Waals surface area contributed by atoms with Crippen LogP contribution in [0.2, 0.25) is 0 Å². The number of nitrogens with zero attached hydrogens (tertiary/aromatic N) is 2. The fraction of sp³-hybridized carbons (Fsp3) is 0.176. The summed E-state index contributed by atoms with van der Waals surface area (Å²) in [6, 6.07) is 11.3.